The molecule has 0 amide bonds. The summed E-state index contributed by atoms with van der Waals surface area (Å²) in [5, 5.41) is 6.66. The molecule has 1 saturated carbocycles. The van der Waals surface area contributed by atoms with Gasteiger partial charge in [-0.1, -0.05) is 30.3 Å². The molecule has 1 aromatic heterocycles. The highest BCUT2D eigenvalue weighted by Crippen LogP contribution is 2.28. The Labute approximate surface area is 155 Å². The molecular weight excluding hydrogens is 326 g/mol. The number of aromatic nitrogens is 2. The highest BCUT2D eigenvalue weighted by Gasteiger charge is 2.20. The number of guanidine groups is 1. The molecule has 0 spiro atoms. The number of rotatable bonds is 10. The van der Waals surface area contributed by atoms with Crippen molar-refractivity contribution in [2.45, 2.75) is 32.4 Å². The number of hydrogen-bond donors (Lipinski definition) is 2. The molecule has 3 rings (SSSR count). The Balaban J connectivity index is 1.37. The van der Waals surface area contributed by atoms with E-state index in [1.807, 2.05) is 18.5 Å². The number of ether oxygens (including phenoxy) is 1. The van der Waals surface area contributed by atoms with Gasteiger partial charge in [-0.15, -0.1) is 0 Å². The van der Waals surface area contributed by atoms with Crippen molar-refractivity contribution in [1.29, 1.82) is 0 Å². The predicted molar refractivity (Wildman–Crippen MR) is 104 cm³/mol. The second-order valence-corrected chi connectivity index (χ2v) is 6.68. The summed E-state index contributed by atoms with van der Waals surface area (Å²) in [6.07, 6.45) is 7.52. The molecule has 2 aromatic rings. The van der Waals surface area contributed by atoms with Gasteiger partial charge in [-0.05, 0) is 30.7 Å². The molecule has 6 nitrogen and oxygen atoms in total. The van der Waals surface area contributed by atoms with Crippen LogP contribution in [0, 0.1) is 5.92 Å². The fraction of sp³-hybridized carbons (Fsp3) is 0.500. The van der Waals surface area contributed by atoms with E-state index in [0.29, 0.717) is 6.54 Å². The Hall–Kier alpha value is -2.34. The summed E-state index contributed by atoms with van der Waals surface area (Å²) in [6, 6.07) is 10.4. The van der Waals surface area contributed by atoms with Crippen LogP contribution >= 0.6 is 0 Å². The van der Waals surface area contributed by atoms with Crippen molar-refractivity contribution in [1.82, 2.24) is 20.2 Å². The van der Waals surface area contributed by atoms with Gasteiger partial charge in [0.2, 0.25) is 0 Å². The van der Waals surface area contributed by atoms with Crippen LogP contribution < -0.4 is 10.6 Å². The zero-order valence-corrected chi connectivity index (χ0v) is 15.5. The van der Waals surface area contributed by atoms with Crippen LogP contribution in [-0.2, 0) is 17.8 Å². The molecule has 0 radical (unpaired) electrons. The number of nitrogens with zero attached hydrogens (tertiary/aromatic N) is 3. The first-order chi connectivity index (χ1) is 12.8. The normalized spacial score (nSPS) is 14.4. The standard InChI is InChI=1S/C20H29N5O/c1-21-20(23-10-5-13-26-16-18-8-9-18)24-14-19-22-11-12-25(19)15-17-6-3-2-4-7-17/h2-4,6-7,11-12,18H,5,8-10,13-16H2,1H3,(H2,21,23,24). The van der Waals surface area contributed by atoms with E-state index in [4.69, 9.17) is 4.74 Å². The van der Waals surface area contributed by atoms with Crippen LogP contribution in [0.15, 0.2) is 47.7 Å². The fourth-order valence-corrected chi connectivity index (χ4v) is 2.73. The monoisotopic (exact) mass is 355 g/mol. The minimum atomic E-state index is 0.637. The highest BCUT2D eigenvalue weighted by molar-refractivity contribution is 5.79. The van der Waals surface area contributed by atoms with E-state index in [0.717, 1.165) is 50.4 Å². The zero-order valence-electron chi connectivity index (χ0n) is 15.5. The Bertz CT molecular complexity index is 679. The van der Waals surface area contributed by atoms with Crippen molar-refractivity contribution in [3.8, 4) is 0 Å². The van der Waals surface area contributed by atoms with Crippen LogP contribution in [0.3, 0.4) is 0 Å². The quantitative estimate of drug-likeness (QED) is 0.390. The molecule has 0 unspecified atom stereocenters. The van der Waals surface area contributed by atoms with Crippen molar-refractivity contribution >= 4 is 5.96 Å². The highest BCUT2D eigenvalue weighted by atomic mass is 16.5. The summed E-state index contributed by atoms with van der Waals surface area (Å²) < 4.78 is 7.80. The van der Waals surface area contributed by atoms with Gasteiger partial charge in [0.25, 0.3) is 0 Å². The summed E-state index contributed by atoms with van der Waals surface area (Å²) in [5.41, 5.74) is 1.26. The number of aliphatic imine (C=N–C) groups is 1. The summed E-state index contributed by atoms with van der Waals surface area (Å²) >= 11 is 0. The Morgan fingerprint density at radius 3 is 2.88 bits per heavy atom. The maximum Gasteiger partial charge on any atom is 0.191 e. The van der Waals surface area contributed by atoms with E-state index in [1.165, 1.54) is 18.4 Å². The van der Waals surface area contributed by atoms with E-state index in [9.17, 15) is 0 Å². The van der Waals surface area contributed by atoms with Crippen LogP contribution in [0.5, 0.6) is 0 Å². The molecule has 0 aliphatic heterocycles. The average molecular weight is 355 g/mol. The molecule has 1 aromatic carbocycles. The second kappa shape index (κ2) is 9.97. The van der Waals surface area contributed by atoms with Crippen LogP contribution in [0.1, 0.15) is 30.7 Å². The number of benzene rings is 1. The Morgan fingerprint density at radius 2 is 2.12 bits per heavy atom. The van der Waals surface area contributed by atoms with Gasteiger partial charge in [-0.25, -0.2) is 4.98 Å². The van der Waals surface area contributed by atoms with Crippen LogP contribution in [-0.4, -0.2) is 42.3 Å². The van der Waals surface area contributed by atoms with E-state index >= 15 is 0 Å². The maximum absolute atomic E-state index is 5.65. The lowest BCUT2D eigenvalue weighted by Crippen LogP contribution is -2.38. The number of imidazole rings is 1. The Kier molecular flexibility index (Phi) is 7.07. The summed E-state index contributed by atoms with van der Waals surface area (Å²) in [4.78, 5) is 8.73. The van der Waals surface area contributed by atoms with Gasteiger partial charge in [0.15, 0.2) is 5.96 Å². The van der Waals surface area contributed by atoms with Gasteiger partial charge in [-0.3, -0.25) is 4.99 Å². The Morgan fingerprint density at radius 1 is 1.27 bits per heavy atom. The van der Waals surface area contributed by atoms with Crippen molar-refractivity contribution in [3.63, 3.8) is 0 Å². The van der Waals surface area contributed by atoms with Gasteiger partial charge in [0, 0.05) is 45.7 Å². The summed E-state index contributed by atoms with van der Waals surface area (Å²) in [7, 11) is 1.79. The zero-order chi connectivity index (χ0) is 18.0. The third-order valence-electron chi connectivity index (χ3n) is 4.44. The first kappa shape index (κ1) is 18.5. The minimum absolute atomic E-state index is 0.637. The largest absolute Gasteiger partial charge is 0.381 e. The van der Waals surface area contributed by atoms with Crippen LogP contribution in [0.4, 0.5) is 0 Å². The molecule has 1 heterocycles. The molecule has 26 heavy (non-hydrogen) atoms. The minimum Gasteiger partial charge on any atom is -0.381 e. The van der Waals surface area contributed by atoms with E-state index in [1.54, 1.807) is 7.05 Å². The average Bonchev–Trinajstić information content (AvgIpc) is 3.40. The van der Waals surface area contributed by atoms with E-state index in [-0.39, 0.29) is 0 Å². The SMILES string of the molecule is CN=C(NCCCOCC1CC1)NCc1nccn1Cc1ccccc1. The maximum atomic E-state index is 5.65. The van der Waals surface area contributed by atoms with Crippen LogP contribution in [0.25, 0.3) is 0 Å². The lowest BCUT2D eigenvalue weighted by Gasteiger charge is -2.13. The smallest absolute Gasteiger partial charge is 0.191 e. The second-order valence-electron chi connectivity index (χ2n) is 6.68. The lowest BCUT2D eigenvalue weighted by molar-refractivity contribution is 0.123. The molecule has 0 bridgehead atoms. The van der Waals surface area contributed by atoms with Gasteiger partial charge in [0.05, 0.1) is 6.54 Å². The molecular formula is C20H29N5O. The molecule has 1 fully saturated rings. The van der Waals surface area contributed by atoms with Crippen molar-refractivity contribution in [3.05, 3.63) is 54.1 Å². The van der Waals surface area contributed by atoms with Gasteiger partial charge in [-0.2, -0.15) is 0 Å². The van der Waals surface area contributed by atoms with E-state index in [2.05, 4.69) is 49.4 Å². The third-order valence-corrected chi connectivity index (χ3v) is 4.44. The number of nitrogens with one attached hydrogen (secondary N) is 2. The van der Waals surface area contributed by atoms with Gasteiger partial charge >= 0.3 is 0 Å². The van der Waals surface area contributed by atoms with Crippen molar-refractivity contribution < 1.29 is 4.74 Å². The molecule has 6 heteroatoms. The van der Waals surface area contributed by atoms with E-state index < -0.39 is 0 Å². The van der Waals surface area contributed by atoms with Crippen molar-refractivity contribution in [2.75, 3.05) is 26.8 Å². The number of hydrogen-bond acceptors (Lipinski definition) is 3. The fourth-order valence-electron chi connectivity index (χ4n) is 2.73. The van der Waals surface area contributed by atoms with Gasteiger partial charge in [0.1, 0.15) is 5.82 Å². The topological polar surface area (TPSA) is 63.5 Å². The first-order valence-corrected chi connectivity index (χ1v) is 9.41. The molecule has 2 N–H and O–H groups in total. The molecule has 0 saturated heterocycles. The predicted octanol–water partition coefficient (Wildman–Crippen LogP) is 2.41. The van der Waals surface area contributed by atoms with Gasteiger partial charge < -0.3 is 19.9 Å². The molecule has 140 valence electrons. The lowest BCUT2D eigenvalue weighted by atomic mass is 10.2. The summed E-state index contributed by atoms with van der Waals surface area (Å²) in [6.45, 7) is 4.04. The molecule has 0 atom stereocenters. The molecule has 1 aliphatic carbocycles. The molecule has 1 aliphatic rings. The van der Waals surface area contributed by atoms with Crippen LogP contribution in [0.2, 0.25) is 0 Å². The van der Waals surface area contributed by atoms with Crippen molar-refractivity contribution in [2.24, 2.45) is 10.9 Å². The summed E-state index contributed by atoms with van der Waals surface area (Å²) in [5.74, 6) is 2.61. The third kappa shape index (κ3) is 6.19. The first-order valence-electron chi connectivity index (χ1n) is 9.41.